The molecule has 1 fully saturated rings. The number of benzene rings is 4. The Kier molecular flexibility index (Phi) is 8.53. The van der Waals surface area contributed by atoms with Crippen LogP contribution >= 0.6 is 0 Å². The van der Waals surface area contributed by atoms with E-state index < -0.39 is 35.6 Å². The van der Waals surface area contributed by atoms with Gasteiger partial charge in [-0.3, -0.25) is 14.4 Å². The quantitative estimate of drug-likeness (QED) is 0.269. The molecule has 45 heavy (non-hydrogen) atoms. The van der Waals surface area contributed by atoms with Crippen LogP contribution in [-0.2, 0) is 4.79 Å². The molecule has 0 aromatic heterocycles. The van der Waals surface area contributed by atoms with Gasteiger partial charge in [-0.15, -0.1) is 0 Å². The molecule has 0 radical (unpaired) electrons. The predicted octanol–water partition coefficient (Wildman–Crippen LogP) is 6.11. The molecular weight excluding hydrogens is 574 g/mol. The van der Waals surface area contributed by atoms with Crippen molar-refractivity contribution in [3.8, 4) is 11.1 Å². The van der Waals surface area contributed by atoms with Crippen LogP contribution in [0.2, 0.25) is 0 Å². The summed E-state index contributed by atoms with van der Waals surface area (Å²) in [5, 5.41) is 6.05. The molecule has 0 saturated carbocycles. The molecule has 1 saturated heterocycles. The van der Waals surface area contributed by atoms with Crippen molar-refractivity contribution in [1.82, 2.24) is 10.2 Å². The number of carbonyl (C=O) groups is 3. The molecule has 3 amide bonds. The van der Waals surface area contributed by atoms with Crippen LogP contribution in [0.4, 0.5) is 20.2 Å². The largest absolute Gasteiger partial charge is 0.337 e. The molecule has 6 rings (SSSR count). The summed E-state index contributed by atoms with van der Waals surface area (Å²) in [6.45, 7) is 1.75. The van der Waals surface area contributed by atoms with Crippen LogP contribution < -0.4 is 15.5 Å². The van der Waals surface area contributed by atoms with Crippen LogP contribution in [0.5, 0.6) is 0 Å². The summed E-state index contributed by atoms with van der Waals surface area (Å²) in [5.74, 6) is -4.78. The zero-order chi connectivity index (χ0) is 31.4. The SMILES string of the molecule is O=C(Nc1ccccc1)c1cccc(C(=O)N2CCC(F)(F)C(=CC(=O)N3CCNCC3)c3ccccc32)c1-c1ccccc1. The van der Waals surface area contributed by atoms with E-state index >= 15 is 8.78 Å². The first-order chi connectivity index (χ1) is 21.8. The average Bonchev–Trinajstić information content (AvgIpc) is 3.18. The lowest BCUT2D eigenvalue weighted by Crippen LogP contribution is -2.46. The summed E-state index contributed by atoms with van der Waals surface area (Å²) < 4.78 is 31.7. The van der Waals surface area contributed by atoms with Gasteiger partial charge in [0.1, 0.15) is 0 Å². The fourth-order valence-corrected chi connectivity index (χ4v) is 5.84. The van der Waals surface area contributed by atoms with Gasteiger partial charge in [0.15, 0.2) is 0 Å². The first-order valence-corrected chi connectivity index (χ1v) is 14.9. The number of anilines is 2. The van der Waals surface area contributed by atoms with Crippen molar-refractivity contribution < 1.29 is 23.2 Å². The number of carbonyl (C=O) groups excluding carboxylic acids is 3. The van der Waals surface area contributed by atoms with Crippen LogP contribution in [0, 0.1) is 0 Å². The van der Waals surface area contributed by atoms with Gasteiger partial charge < -0.3 is 20.4 Å². The summed E-state index contributed by atoms with van der Waals surface area (Å²) in [6, 6.07) is 29.4. The molecule has 0 spiro atoms. The zero-order valence-electron chi connectivity index (χ0n) is 24.5. The van der Waals surface area contributed by atoms with E-state index in [2.05, 4.69) is 10.6 Å². The Morgan fingerprint density at radius 2 is 1.40 bits per heavy atom. The summed E-state index contributed by atoms with van der Waals surface area (Å²) in [7, 11) is 0. The van der Waals surface area contributed by atoms with E-state index in [1.54, 1.807) is 77.7 Å². The molecule has 2 aliphatic heterocycles. The van der Waals surface area contributed by atoms with E-state index in [0.29, 0.717) is 43.0 Å². The first kappa shape index (κ1) is 29.9. The van der Waals surface area contributed by atoms with Crippen LogP contribution in [0.15, 0.2) is 109 Å². The van der Waals surface area contributed by atoms with Crippen molar-refractivity contribution >= 4 is 34.7 Å². The van der Waals surface area contributed by atoms with E-state index in [1.807, 2.05) is 24.3 Å². The topological polar surface area (TPSA) is 81.8 Å². The maximum Gasteiger partial charge on any atom is 0.275 e. The molecule has 2 N–H and O–H groups in total. The molecule has 228 valence electrons. The normalized spacial score (nSPS) is 16.9. The summed E-state index contributed by atoms with van der Waals surface area (Å²) in [6.07, 6.45) is 0.352. The molecule has 4 aromatic rings. The number of piperazine rings is 1. The molecule has 7 nitrogen and oxygen atoms in total. The van der Waals surface area contributed by atoms with E-state index in [1.165, 1.54) is 11.0 Å². The Balaban J connectivity index is 1.43. The minimum atomic E-state index is -3.37. The highest BCUT2D eigenvalue weighted by Crippen LogP contribution is 2.44. The number of halogens is 2. The third-order valence-electron chi connectivity index (χ3n) is 8.10. The third kappa shape index (κ3) is 6.25. The van der Waals surface area contributed by atoms with Crippen molar-refractivity contribution in [2.24, 2.45) is 0 Å². The molecule has 0 unspecified atom stereocenters. The van der Waals surface area contributed by atoms with Gasteiger partial charge in [-0.2, -0.15) is 0 Å². The Morgan fingerprint density at radius 3 is 2.13 bits per heavy atom. The highest BCUT2D eigenvalue weighted by molar-refractivity contribution is 6.17. The highest BCUT2D eigenvalue weighted by Gasteiger charge is 2.42. The van der Waals surface area contributed by atoms with Gasteiger partial charge in [0.25, 0.3) is 17.7 Å². The fraction of sp³-hybridized carbons (Fsp3) is 0.194. The van der Waals surface area contributed by atoms with E-state index in [4.69, 9.17) is 0 Å². The maximum absolute atomic E-state index is 15.9. The standard InChI is InChI=1S/C36H32F2N4O3/c37-36(38)18-21-42(31-17-8-7-14-27(31)30(36)24-32(43)41-22-19-39-20-23-41)35(45)29-16-9-15-28(33(29)25-10-3-1-4-11-25)34(44)40-26-12-5-2-6-13-26/h1-17,24,39H,18-23H2,(H,40,44). The second kappa shape index (κ2) is 12.8. The van der Waals surface area contributed by atoms with Gasteiger partial charge in [0.2, 0.25) is 5.91 Å². The second-order valence-electron chi connectivity index (χ2n) is 11.0. The molecular formula is C36H32F2N4O3. The minimum Gasteiger partial charge on any atom is -0.337 e. The van der Waals surface area contributed by atoms with Gasteiger partial charge in [-0.05, 0) is 35.9 Å². The maximum atomic E-state index is 15.9. The van der Waals surface area contributed by atoms with Gasteiger partial charge in [0.05, 0.1) is 5.69 Å². The number of alkyl halides is 2. The van der Waals surface area contributed by atoms with E-state index in [-0.39, 0.29) is 28.9 Å². The number of hydrogen-bond acceptors (Lipinski definition) is 4. The molecule has 4 aromatic carbocycles. The molecule has 9 heteroatoms. The van der Waals surface area contributed by atoms with E-state index in [0.717, 1.165) is 6.08 Å². The molecule has 2 aliphatic rings. The minimum absolute atomic E-state index is 0.121. The number of nitrogens with zero attached hydrogens (tertiary/aromatic N) is 2. The number of fused-ring (bicyclic) bond motifs is 1. The monoisotopic (exact) mass is 606 g/mol. The number of rotatable bonds is 5. The second-order valence-corrected chi connectivity index (χ2v) is 11.0. The Bertz CT molecular complexity index is 1750. The van der Waals surface area contributed by atoms with E-state index in [9.17, 15) is 14.4 Å². The summed E-state index contributed by atoms with van der Waals surface area (Å²) in [4.78, 5) is 44.1. The van der Waals surface area contributed by atoms with Gasteiger partial charge in [0, 0.05) is 78.7 Å². The fourth-order valence-electron chi connectivity index (χ4n) is 5.84. The summed E-state index contributed by atoms with van der Waals surface area (Å²) >= 11 is 0. The Morgan fingerprint density at radius 1 is 0.756 bits per heavy atom. The molecule has 0 bridgehead atoms. The van der Waals surface area contributed by atoms with Crippen molar-refractivity contribution in [1.29, 1.82) is 0 Å². The molecule has 0 aliphatic carbocycles. The lowest BCUT2D eigenvalue weighted by atomic mass is 9.92. The van der Waals surface area contributed by atoms with Crippen LogP contribution in [0.25, 0.3) is 16.7 Å². The smallest absolute Gasteiger partial charge is 0.275 e. The number of nitrogens with one attached hydrogen (secondary N) is 2. The Hall–Kier alpha value is -5.15. The van der Waals surface area contributed by atoms with Crippen molar-refractivity contribution in [2.45, 2.75) is 12.3 Å². The number of allylic oxidation sites excluding steroid dienone is 1. The highest BCUT2D eigenvalue weighted by atomic mass is 19.3. The van der Waals surface area contributed by atoms with Crippen molar-refractivity contribution in [2.75, 3.05) is 42.9 Å². The third-order valence-corrected chi connectivity index (χ3v) is 8.10. The van der Waals surface area contributed by atoms with Gasteiger partial charge in [-0.1, -0.05) is 72.8 Å². The lowest BCUT2D eigenvalue weighted by Gasteiger charge is -2.27. The Labute approximate surface area is 260 Å². The number of hydrogen-bond donors (Lipinski definition) is 2. The van der Waals surface area contributed by atoms with Gasteiger partial charge in [-0.25, -0.2) is 8.78 Å². The number of amides is 3. The zero-order valence-corrected chi connectivity index (χ0v) is 24.5. The first-order valence-electron chi connectivity index (χ1n) is 14.9. The average molecular weight is 607 g/mol. The van der Waals surface area contributed by atoms with Crippen LogP contribution in [0.3, 0.4) is 0 Å². The summed E-state index contributed by atoms with van der Waals surface area (Å²) in [5.41, 5.74) is 2.09. The van der Waals surface area contributed by atoms with Crippen molar-refractivity contribution in [3.63, 3.8) is 0 Å². The molecule has 2 heterocycles. The predicted molar refractivity (Wildman–Crippen MR) is 171 cm³/mol. The van der Waals surface area contributed by atoms with Crippen LogP contribution in [0.1, 0.15) is 32.7 Å². The molecule has 0 atom stereocenters. The van der Waals surface area contributed by atoms with Crippen LogP contribution in [-0.4, -0.2) is 61.3 Å². The van der Waals surface area contributed by atoms with Crippen molar-refractivity contribution in [3.05, 3.63) is 126 Å². The van der Waals surface area contributed by atoms with Gasteiger partial charge >= 0.3 is 0 Å². The number of para-hydroxylation sites is 2. The lowest BCUT2D eigenvalue weighted by molar-refractivity contribution is -0.126.